The number of aromatic nitrogens is 1. The molecule has 0 saturated heterocycles. The van der Waals surface area contributed by atoms with Crippen molar-refractivity contribution in [3.8, 4) is 0 Å². The van der Waals surface area contributed by atoms with Crippen LogP contribution < -0.4 is 11.1 Å². The number of nitrogens with two attached hydrogens (primary N) is 1. The van der Waals surface area contributed by atoms with Gasteiger partial charge in [-0.3, -0.25) is 0 Å². The van der Waals surface area contributed by atoms with E-state index in [4.69, 9.17) is 10.5 Å². The predicted octanol–water partition coefficient (Wildman–Crippen LogP) is 1.75. The van der Waals surface area contributed by atoms with Crippen LogP contribution in [0.5, 0.6) is 0 Å². The third-order valence-electron chi connectivity index (χ3n) is 2.25. The van der Waals surface area contributed by atoms with Gasteiger partial charge < -0.3 is 15.8 Å². The molecule has 1 atom stereocenters. The molecule has 0 spiro atoms. The first kappa shape index (κ1) is 11.8. The highest BCUT2D eigenvalue weighted by Crippen LogP contribution is 2.12. The molecule has 1 heterocycles. The van der Waals surface area contributed by atoms with Gasteiger partial charge in [0.05, 0.1) is 12.6 Å². The molecular formula is C11H19N3O. The smallest absolute Gasteiger partial charge is 0.128 e. The van der Waals surface area contributed by atoms with Crippen LogP contribution in [0.15, 0.2) is 18.2 Å². The third-order valence-corrected chi connectivity index (χ3v) is 2.25. The van der Waals surface area contributed by atoms with Crippen molar-refractivity contribution in [3.05, 3.63) is 18.2 Å². The van der Waals surface area contributed by atoms with E-state index >= 15 is 0 Å². The molecule has 0 aliphatic carbocycles. The number of nitrogens with one attached hydrogen (secondary N) is 1. The molecule has 4 heteroatoms. The molecule has 0 fully saturated rings. The highest BCUT2D eigenvalue weighted by molar-refractivity contribution is 5.42. The first-order chi connectivity index (χ1) is 7.13. The van der Waals surface area contributed by atoms with Gasteiger partial charge in [-0.2, -0.15) is 0 Å². The second-order valence-electron chi connectivity index (χ2n) is 3.90. The Bertz CT molecular complexity index is 302. The number of rotatable bonds is 5. The van der Waals surface area contributed by atoms with Gasteiger partial charge in [-0.05, 0) is 18.1 Å². The van der Waals surface area contributed by atoms with E-state index in [1.54, 1.807) is 13.2 Å². The molecule has 0 radical (unpaired) electrons. The van der Waals surface area contributed by atoms with Gasteiger partial charge in [0.2, 0.25) is 0 Å². The Hall–Kier alpha value is -1.29. The van der Waals surface area contributed by atoms with E-state index in [0.717, 1.165) is 5.82 Å². The molecule has 3 N–H and O–H groups in total. The maximum Gasteiger partial charge on any atom is 0.128 e. The zero-order valence-electron chi connectivity index (χ0n) is 9.53. The molecule has 0 aliphatic heterocycles. The molecule has 0 saturated carbocycles. The van der Waals surface area contributed by atoms with Crippen LogP contribution in [0, 0.1) is 5.92 Å². The Morgan fingerprint density at radius 1 is 1.47 bits per heavy atom. The minimum atomic E-state index is 0.254. The molecule has 1 aromatic rings. The Balaban J connectivity index is 2.65. The number of anilines is 2. The highest BCUT2D eigenvalue weighted by Gasteiger charge is 2.13. The number of pyridine rings is 1. The summed E-state index contributed by atoms with van der Waals surface area (Å²) >= 11 is 0. The van der Waals surface area contributed by atoms with Gasteiger partial charge in [0.25, 0.3) is 0 Å². The summed E-state index contributed by atoms with van der Waals surface area (Å²) in [7, 11) is 1.70. The van der Waals surface area contributed by atoms with Crippen molar-refractivity contribution in [1.82, 2.24) is 4.98 Å². The lowest BCUT2D eigenvalue weighted by molar-refractivity contribution is 0.171. The van der Waals surface area contributed by atoms with Crippen LogP contribution in [0.4, 0.5) is 11.6 Å². The van der Waals surface area contributed by atoms with Crippen molar-refractivity contribution in [2.24, 2.45) is 5.92 Å². The van der Waals surface area contributed by atoms with E-state index in [-0.39, 0.29) is 6.04 Å². The van der Waals surface area contributed by atoms with Crippen molar-refractivity contribution >= 4 is 11.6 Å². The molecule has 0 bridgehead atoms. The number of nitrogen functional groups attached to an aromatic ring is 1. The maximum atomic E-state index is 5.60. The second kappa shape index (κ2) is 5.56. The molecule has 0 aliphatic rings. The molecule has 1 rings (SSSR count). The fourth-order valence-corrected chi connectivity index (χ4v) is 1.30. The van der Waals surface area contributed by atoms with E-state index in [0.29, 0.717) is 18.3 Å². The molecule has 4 nitrogen and oxygen atoms in total. The van der Waals surface area contributed by atoms with Crippen LogP contribution in [0.25, 0.3) is 0 Å². The second-order valence-corrected chi connectivity index (χ2v) is 3.90. The van der Waals surface area contributed by atoms with E-state index < -0.39 is 0 Å². The lowest BCUT2D eigenvalue weighted by Gasteiger charge is -2.22. The number of methoxy groups -OCH3 is 1. The summed E-state index contributed by atoms with van der Waals surface area (Å²) in [4.78, 5) is 4.19. The summed E-state index contributed by atoms with van der Waals surface area (Å²) in [6.07, 6.45) is 0. The predicted molar refractivity (Wildman–Crippen MR) is 62.8 cm³/mol. The van der Waals surface area contributed by atoms with Crippen LogP contribution >= 0.6 is 0 Å². The molecular weight excluding hydrogens is 190 g/mol. The van der Waals surface area contributed by atoms with Crippen LogP contribution in [0.2, 0.25) is 0 Å². The first-order valence-corrected chi connectivity index (χ1v) is 5.11. The van der Waals surface area contributed by atoms with Gasteiger partial charge in [0, 0.05) is 7.11 Å². The summed E-state index contributed by atoms with van der Waals surface area (Å²) in [5.74, 6) is 1.80. The van der Waals surface area contributed by atoms with Crippen LogP contribution in [0.1, 0.15) is 13.8 Å². The zero-order valence-corrected chi connectivity index (χ0v) is 9.53. The van der Waals surface area contributed by atoms with Gasteiger partial charge in [-0.1, -0.05) is 19.9 Å². The molecule has 1 unspecified atom stereocenters. The van der Waals surface area contributed by atoms with Crippen LogP contribution in [-0.2, 0) is 4.74 Å². The summed E-state index contributed by atoms with van der Waals surface area (Å²) < 4.78 is 5.15. The number of hydrogen-bond donors (Lipinski definition) is 2. The summed E-state index contributed by atoms with van der Waals surface area (Å²) in [5.41, 5.74) is 5.60. The minimum absolute atomic E-state index is 0.254. The molecule has 15 heavy (non-hydrogen) atoms. The SMILES string of the molecule is COCC(Nc1cccc(N)n1)C(C)C. The summed E-state index contributed by atoms with van der Waals surface area (Å²) in [6.45, 7) is 4.94. The molecule has 0 amide bonds. The highest BCUT2D eigenvalue weighted by atomic mass is 16.5. The largest absolute Gasteiger partial charge is 0.384 e. The average molecular weight is 209 g/mol. The van der Waals surface area contributed by atoms with Gasteiger partial charge in [0.15, 0.2) is 0 Å². The molecule has 84 valence electrons. The van der Waals surface area contributed by atoms with Gasteiger partial charge in [0.1, 0.15) is 11.6 Å². The topological polar surface area (TPSA) is 60.2 Å². The number of hydrogen-bond acceptors (Lipinski definition) is 4. The average Bonchev–Trinajstić information content (AvgIpc) is 2.17. The van der Waals surface area contributed by atoms with Crippen LogP contribution in [0.3, 0.4) is 0 Å². The quantitative estimate of drug-likeness (QED) is 0.775. The summed E-state index contributed by atoms with van der Waals surface area (Å²) in [6, 6.07) is 5.81. The van der Waals surface area contributed by atoms with Gasteiger partial charge in [-0.15, -0.1) is 0 Å². The third kappa shape index (κ3) is 3.75. The van der Waals surface area contributed by atoms with E-state index in [1.165, 1.54) is 0 Å². The number of ether oxygens (including phenoxy) is 1. The van der Waals surface area contributed by atoms with Crippen molar-refractivity contribution in [2.45, 2.75) is 19.9 Å². The molecule has 0 aromatic carbocycles. The standard InChI is InChI=1S/C11H19N3O/c1-8(2)9(7-15-3)13-11-6-4-5-10(12)14-11/h4-6,8-9H,7H2,1-3H3,(H3,12,13,14). The fraction of sp³-hybridized carbons (Fsp3) is 0.545. The lowest BCUT2D eigenvalue weighted by Crippen LogP contribution is -2.30. The van der Waals surface area contributed by atoms with Gasteiger partial charge in [-0.25, -0.2) is 4.98 Å². The van der Waals surface area contributed by atoms with E-state index in [9.17, 15) is 0 Å². The summed E-state index contributed by atoms with van der Waals surface area (Å²) in [5, 5.41) is 3.30. The Morgan fingerprint density at radius 3 is 2.73 bits per heavy atom. The van der Waals surface area contributed by atoms with Crippen molar-refractivity contribution in [1.29, 1.82) is 0 Å². The lowest BCUT2D eigenvalue weighted by atomic mass is 10.1. The van der Waals surface area contributed by atoms with Crippen molar-refractivity contribution < 1.29 is 4.74 Å². The van der Waals surface area contributed by atoms with Gasteiger partial charge >= 0.3 is 0 Å². The Labute approximate surface area is 90.8 Å². The fourth-order valence-electron chi connectivity index (χ4n) is 1.30. The minimum Gasteiger partial charge on any atom is -0.384 e. The normalized spacial score (nSPS) is 12.8. The Kier molecular flexibility index (Phi) is 4.37. The van der Waals surface area contributed by atoms with E-state index in [1.807, 2.05) is 12.1 Å². The monoisotopic (exact) mass is 209 g/mol. The molecule has 1 aromatic heterocycles. The maximum absolute atomic E-state index is 5.60. The van der Waals surface area contributed by atoms with Crippen LogP contribution in [-0.4, -0.2) is 24.7 Å². The zero-order chi connectivity index (χ0) is 11.3. The Morgan fingerprint density at radius 2 is 2.20 bits per heavy atom. The van der Waals surface area contributed by atoms with E-state index in [2.05, 4.69) is 24.1 Å². The first-order valence-electron chi connectivity index (χ1n) is 5.11. The van der Waals surface area contributed by atoms with Crippen molar-refractivity contribution in [3.63, 3.8) is 0 Å². The van der Waals surface area contributed by atoms with Crippen molar-refractivity contribution in [2.75, 3.05) is 24.8 Å². The number of nitrogens with zero attached hydrogens (tertiary/aromatic N) is 1.